The van der Waals surface area contributed by atoms with Gasteiger partial charge in [-0.1, -0.05) is 24.3 Å². The van der Waals surface area contributed by atoms with Crippen LogP contribution < -0.4 is 0 Å². The fourth-order valence-electron chi connectivity index (χ4n) is 3.24. The van der Waals surface area contributed by atoms with Gasteiger partial charge in [0.15, 0.2) is 0 Å². The summed E-state index contributed by atoms with van der Waals surface area (Å²) in [6.07, 6.45) is 0.975. The summed E-state index contributed by atoms with van der Waals surface area (Å²) in [6, 6.07) is 10.3. The summed E-state index contributed by atoms with van der Waals surface area (Å²) in [5.74, 6) is -1.84. The van der Waals surface area contributed by atoms with Gasteiger partial charge in [0.05, 0.1) is 4.90 Å². The Bertz CT molecular complexity index is 935. The summed E-state index contributed by atoms with van der Waals surface area (Å²) >= 11 is 0. The molecule has 1 aliphatic rings. The molecule has 1 atom stereocenters. The van der Waals surface area contributed by atoms with E-state index in [4.69, 9.17) is 0 Å². The molecule has 0 radical (unpaired) electrons. The summed E-state index contributed by atoms with van der Waals surface area (Å²) in [6.45, 7) is 0.188. The molecule has 0 bridgehead atoms. The molecule has 5 nitrogen and oxygen atoms in total. The number of amides is 1. The van der Waals surface area contributed by atoms with Crippen LogP contribution in [0, 0.1) is 11.6 Å². The van der Waals surface area contributed by atoms with Crippen LogP contribution in [0.15, 0.2) is 53.4 Å². The monoisotopic (exact) mass is 394 g/mol. The number of halogens is 2. The van der Waals surface area contributed by atoms with Crippen molar-refractivity contribution >= 4 is 15.9 Å². The molecular weight excluding hydrogens is 374 g/mol. The van der Waals surface area contributed by atoms with E-state index in [-0.39, 0.29) is 23.5 Å². The molecule has 8 heteroatoms. The van der Waals surface area contributed by atoms with Crippen LogP contribution in [0.25, 0.3) is 0 Å². The molecule has 144 valence electrons. The molecule has 2 aromatic rings. The van der Waals surface area contributed by atoms with Gasteiger partial charge < -0.3 is 4.90 Å². The number of carbonyl (C=O) groups excluding carboxylic acids is 1. The highest BCUT2D eigenvalue weighted by Crippen LogP contribution is 2.27. The van der Waals surface area contributed by atoms with Gasteiger partial charge >= 0.3 is 0 Å². The third kappa shape index (κ3) is 4.01. The van der Waals surface area contributed by atoms with Crippen molar-refractivity contribution in [2.24, 2.45) is 0 Å². The quantitative estimate of drug-likeness (QED) is 0.784. The van der Waals surface area contributed by atoms with Crippen molar-refractivity contribution in [1.29, 1.82) is 0 Å². The van der Waals surface area contributed by atoms with Crippen LogP contribution >= 0.6 is 0 Å². The second-order valence-corrected chi connectivity index (χ2v) is 8.41. The molecule has 0 aliphatic carbocycles. The number of carbonyl (C=O) groups is 1. The minimum atomic E-state index is -3.79. The largest absolute Gasteiger partial charge is 0.340 e. The Morgan fingerprint density at radius 3 is 2.56 bits per heavy atom. The molecule has 1 amide bonds. The first-order valence-electron chi connectivity index (χ1n) is 8.56. The van der Waals surface area contributed by atoms with Crippen LogP contribution in [0.1, 0.15) is 18.4 Å². The van der Waals surface area contributed by atoms with Crippen molar-refractivity contribution in [3.05, 3.63) is 65.7 Å². The van der Waals surface area contributed by atoms with E-state index in [9.17, 15) is 22.0 Å². The number of hydrogen-bond donors (Lipinski definition) is 0. The molecule has 1 saturated heterocycles. The lowest BCUT2D eigenvalue weighted by Crippen LogP contribution is -2.46. The van der Waals surface area contributed by atoms with Crippen molar-refractivity contribution in [2.45, 2.75) is 30.3 Å². The van der Waals surface area contributed by atoms with Crippen molar-refractivity contribution in [3.8, 4) is 0 Å². The minimum absolute atomic E-state index is 0.0688. The highest BCUT2D eigenvalue weighted by molar-refractivity contribution is 7.89. The van der Waals surface area contributed by atoms with Crippen molar-refractivity contribution < 1.29 is 22.0 Å². The molecule has 3 rings (SSSR count). The molecule has 1 aliphatic heterocycles. The van der Waals surface area contributed by atoms with E-state index in [0.29, 0.717) is 12.8 Å². The van der Waals surface area contributed by atoms with Crippen molar-refractivity contribution in [3.63, 3.8) is 0 Å². The lowest BCUT2D eigenvalue weighted by atomic mass is 10.1. The average Bonchev–Trinajstić information content (AvgIpc) is 3.14. The van der Waals surface area contributed by atoms with Gasteiger partial charge in [0.25, 0.3) is 0 Å². The molecule has 1 fully saturated rings. The first-order chi connectivity index (χ1) is 12.8. The smallest absolute Gasteiger partial charge is 0.243 e. The fourth-order valence-corrected chi connectivity index (χ4v) is 4.91. The molecule has 27 heavy (non-hydrogen) atoms. The van der Waals surface area contributed by atoms with Gasteiger partial charge in [-0.3, -0.25) is 4.79 Å². The molecule has 1 heterocycles. The Hall–Kier alpha value is -2.32. The van der Waals surface area contributed by atoms with Gasteiger partial charge in [0.2, 0.25) is 15.9 Å². The zero-order chi connectivity index (χ0) is 19.6. The maximum absolute atomic E-state index is 13.9. The van der Waals surface area contributed by atoms with Gasteiger partial charge in [-0.05, 0) is 31.0 Å². The standard InChI is InChI=1S/C19H20F2N2O3S/c1-22(13-14-9-10-15(20)12-17(14)21)19(24)18-8-5-11-23(18)27(25,26)16-6-3-2-4-7-16/h2-4,6-7,9-10,12,18H,5,8,11,13H2,1H3. The zero-order valence-corrected chi connectivity index (χ0v) is 15.6. The number of sulfonamides is 1. The van der Waals surface area contributed by atoms with Gasteiger partial charge in [0.1, 0.15) is 17.7 Å². The van der Waals surface area contributed by atoms with Crippen LogP contribution in [0.5, 0.6) is 0 Å². The van der Waals surface area contributed by atoms with Crippen LogP contribution in [0.3, 0.4) is 0 Å². The van der Waals surface area contributed by atoms with Crippen LogP contribution in [0.4, 0.5) is 8.78 Å². The highest BCUT2D eigenvalue weighted by Gasteiger charge is 2.40. The van der Waals surface area contributed by atoms with Crippen LogP contribution in [0.2, 0.25) is 0 Å². The maximum atomic E-state index is 13.9. The number of likely N-dealkylation sites (N-methyl/N-ethyl adjacent to an activating group) is 1. The Morgan fingerprint density at radius 2 is 1.89 bits per heavy atom. The number of hydrogen-bond acceptors (Lipinski definition) is 3. The second kappa shape index (κ2) is 7.74. The Morgan fingerprint density at radius 1 is 1.19 bits per heavy atom. The highest BCUT2D eigenvalue weighted by atomic mass is 32.2. The Kier molecular flexibility index (Phi) is 5.57. The Balaban J connectivity index is 1.79. The number of nitrogens with zero attached hydrogens (tertiary/aromatic N) is 2. The van der Waals surface area contributed by atoms with Crippen LogP contribution in [-0.4, -0.2) is 43.2 Å². The number of rotatable bonds is 5. The van der Waals surface area contributed by atoms with E-state index in [2.05, 4.69) is 0 Å². The molecular formula is C19H20F2N2O3S. The zero-order valence-electron chi connectivity index (χ0n) is 14.8. The van der Waals surface area contributed by atoms with Crippen LogP contribution in [-0.2, 0) is 21.4 Å². The molecule has 0 aromatic heterocycles. The summed E-state index contributed by atoms with van der Waals surface area (Å²) in [4.78, 5) is 14.3. The van der Waals surface area contributed by atoms with Gasteiger partial charge in [0, 0.05) is 31.8 Å². The normalized spacial score (nSPS) is 17.8. The minimum Gasteiger partial charge on any atom is -0.340 e. The average molecular weight is 394 g/mol. The summed E-state index contributed by atoms with van der Waals surface area (Å²) in [5.41, 5.74) is 0.169. The predicted molar refractivity (Wildman–Crippen MR) is 96.2 cm³/mol. The van der Waals surface area contributed by atoms with Gasteiger partial charge in [-0.15, -0.1) is 0 Å². The topological polar surface area (TPSA) is 57.7 Å². The SMILES string of the molecule is CN(Cc1ccc(F)cc1F)C(=O)C1CCCN1S(=O)(=O)c1ccccc1. The summed E-state index contributed by atoms with van der Waals surface area (Å²) < 4.78 is 53.9. The fraction of sp³-hybridized carbons (Fsp3) is 0.316. The molecule has 0 saturated carbocycles. The van der Waals surface area contributed by atoms with E-state index in [1.807, 2.05) is 0 Å². The first-order valence-corrected chi connectivity index (χ1v) is 10.0. The van der Waals surface area contributed by atoms with E-state index in [1.54, 1.807) is 18.2 Å². The molecule has 1 unspecified atom stereocenters. The van der Waals surface area contributed by atoms with E-state index < -0.39 is 33.6 Å². The van der Waals surface area contributed by atoms with Gasteiger partial charge in [-0.2, -0.15) is 4.31 Å². The molecule has 0 N–H and O–H groups in total. The predicted octanol–water partition coefficient (Wildman–Crippen LogP) is 2.78. The summed E-state index contributed by atoms with van der Waals surface area (Å²) in [7, 11) is -2.31. The lowest BCUT2D eigenvalue weighted by molar-refractivity contribution is -0.133. The van der Waals surface area contributed by atoms with Gasteiger partial charge in [-0.25, -0.2) is 17.2 Å². The third-order valence-corrected chi connectivity index (χ3v) is 6.56. The molecule has 2 aromatic carbocycles. The number of benzene rings is 2. The second-order valence-electron chi connectivity index (χ2n) is 6.52. The summed E-state index contributed by atoms with van der Waals surface area (Å²) in [5, 5.41) is 0. The van der Waals surface area contributed by atoms with Crippen molar-refractivity contribution in [2.75, 3.05) is 13.6 Å². The van der Waals surface area contributed by atoms with E-state index in [1.165, 1.54) is 34.5 Å². The maximum Gasteiger partial charge on any atom is 0.243 e. The third-order valence-electron chi connectivity index (χ3n) is 4.64. The van der Waals surface area contributed by atoms with Crippen molar-refractivity contribution in [1.82, 2.24) is 9.21 Å². The van der Waals surface area contributed by atoms with E-state index in [0.717, 1.165) is 12.1 Å². The van der Waals surface area contributed by atoms with E-state index >= 15 is 0 Å². The molecule has 0 spiro atoms. The Labute approximate surface area is 157 Å². The lowest BCUT2D eigenvalue weighted by Gasteiger charge is -2.27. The first kappa shape index (κ1) is 19.4.